The molecule has 27 heavy (non-hydrogen) atoms. The number of carboxylic acids is 2. The number of unbranched alkanes of at least 4 members (excludes halogenated alkanes) is 7. The van der Waals surface area contributed by atoms with Crippen molar-refractivity contribution in [3.63, 3.8) is 0 Å². The van der Waals surface area contributed by atoms with Gasteiger partial charge in [0.2, 0.25) is 11.8 Å². The topological polar surface area (TPSA) is 147 Å². The van der Waals surface area contributed by atoms with Crippen molar-refractivity contribution in [2.24, 2.45) is 5.73 Å². The highest BCUT2D eigenvalue weighted by Gasteiger charge is 2.03. The van der Waals surface area contributed by atoms with Gasteiger partial charge in [0, 0.05) is 32.2 Å². The van der Waals surface area contributed by atoms with Crippen molar-refractivity contribution in [2.45, 2.75) is 90.4 Å². The molecule has 0 aromatic carbocycles. The number of primary amides is 1. The minimum absolute atomic E-state index is 0.0416. The summed E-state index contributed by atoms with van der Waals surface area (Å²) in [5.41, 5.74) is 4.65. The third kappa shape index (κ3) is 28.9. The third-order valence-electron chi connectivity index (χ3n) is 3.78. The van der Waals surface area contributed by atoms with Crippen molar-refractivity contribution < 1.29 is 29.4 Å². The van der Waals surface area contributed by atoms with E-state index in [9.17, 15) is 19.2 Å². The summed E-state index contributed by atoms with van der Waals surface area (Å²) in [6.07, 6.45) is 9.72. The quantitative estimate of drug-likeness (QED) is 0.299. The van der Waals surface area contributed by atoms with Crippen LogP contribution in [0.1, 0.15) is 90.4 Å². The molecule has 8 heteroatoms. The van der Waals surface area contributed by atoms with E-state index in [1.54, 1.807) is 6.92 Å². The van der Waals surface area contributed by atoms with Crippen molar-refractivity contribution in [3.05, 3.63) is 0 Å². The molecule has 0 saturated carbocycles. The fourth-order valence-electron chi connectivity index (χ4n) is 2.18. The van der Waals surface area contributed by atoms with Gasteiger partial charge >= 0.3 is 11.9 Å². The largest absolute Gasteiger partial charge is 0.481 e. The lowest BCUT2D eigenvalue weighted by molar-refractivity contribution is -0.138. The Bertz CT molecular complexity index is 426. The molecule has 0 aromatic heterocycles. The summed E-state index contributed by atoms with van der Waals surface area (Å²) >= 11 is 0. The van der Waals surface area contributed by atoms with Crippen LogP contribution in [0.25, 0.3) is 0 Å². The first-order valence-electron chi connectivity index (χ1n) is 9.78. The molecule has 5 N–H and O–H groups in total. The van der Waals surface area contributed by atoms with E-state index >= 15 is 0 Å². The fraction of sp³-hybridized carbons (Fsp3) is 0.789. The number of aliphatic carboxylic acids is 2. The minimum Gasteiger partial charge on any atom is -0.481 e. The molecule has 8 nitrogen and oxygen atoms in total. The highest BCUT2D eigenvalue weighted by molar-refractivity contribution is 5.76. The maximum atomic E-state index is 11.4. The molecule has 0 rings (SSSR count). The Kier molecular flexibility index (Phi) is 20.3. The van der Waals surface area contributed by atoms with Crippen LogP contribution in [0.2, 0.25) is 0 Å². The average Bonchev–Trinajstić information content (AvgIpc) is 2.59. The molecule has 0 unspecified atom stereocenters. The standard InChI is InChI=1S/C16H29NO5.C3H7NO/c18-14(10-9-12-16(21)22)17-13-8-6-4-2-1-3-5-7-11-15(19)20;1-2-3(4)5/h1-13H2,(H,17,18)(H,19,20)(H,21,22);2H2,1H3,(H2,4,5). The van der Waals surface area contributed by atoms with Crippen LogP contribution in [0.5, 0.6) is 0 Å². The first-order chi connectivity index (χ1) is 12.8. The predicted octanol–water partition coefficient (Wildman–Crippen LogP) is 2.83. The second-order valence-corrected chi connectivity index (χ2v) is 6.39. The Morgan fingerprint density at radius 3 is 1.56 bits per heavy atom. The number of carbonyl (C=O) groups is 4. The first kappa shape index (κ1) is 27.1. The molecular weight excluding hydrogens is 352 g/mol. The van der Waals surface area contributed by atoms with E-state index in [1.165, 1.54) is 0 Å². The molecule has 0 spiro atoms. The molecular formula is C19H36N2O6. The first-order valence-corrected chi connectivity index (χ1v) is 9.78. The SMILES string of the molecule is CCC(N)=O.O=C(O)CCCCCCCCCCNC(=O)CCCC(=O)O. The molecule has 0 aliphatic rings. The third-order valence-corrected chi connectivity index (χ3v) is 3.78. The van der Waals surface area contributed by atoms with Crippen LogP contribution in [0.3, 0.4) is 0 Å². The second-order valence-electron chi connectivity index (χ2n) is 6.39. The number of carboxylic acid groups (broad SMARTS) is 2. The minimum atomic E-state index is -0.865. The van der Waals surface area contributed by atoms with Gasteiger partial charge in [0.25, 0.3) is 0 Å². The summed E-state index contributed by atoms with van der Waals surface area (Å²) in [5, 5.41) is 19.7. The average molecular weight is 389 g/mol. The van der Waals surface area contributed by atoms with E-state index < -0.39 is 11.9 Å². The summed E-state index contributed by atoms with van der Waals surface area (Å²) in [7, 11) is 0. The van der Waals surface area contributed by atoms with Crippen molar-refractivity contribution in [2.75, 3.05) is 6.54 Å². The zero-order valence-corrected chi connectivity index (χ0v) is 16.5. The lowest BCUT2D eigenvalue weighted by Crippen LogP contribution is -2.24. The Balaban J connectivity index is 0. The monoisotopic (exact) mass is 388 g/mol. The lowest BCUT2D eigenvalue weighted by atomic mass is 10.1. The summed E-state index contributed by atoms with van der Waals surface area (Å²) in [6.45, 7) is 2.38. The van der Waals surface area contributed by atoms with Gasteiger partial charge in [-0.25, -0.2) is 0 Å². The van der Waals surface area contributed by atoms with Crippen LogP contribution in [-0.2, 0) is 19.2 Å². The number of carbonyl (C=O) groups excluding carboxylic acids is 2. The maximum absolute atomic E-state index is 11.4. The van der Waals surface area contributed by atoms with Gasteiger partial charge in [-0.1, -0.05) is 45.4 Å². The molecule has 0 bridgehead atoms. The van der Waals surface area contributed by atoms with Crippen LogP contribution in [0.15, 0.2) is 0 Å². The van der Waals surface area contributed by atoms with E-state index in [-0.39, 0.29) is 31.1 Å². The Hall–Kier alpha value is -2.12. The highest BCUT2D eigenvalue weighted by Crippen LogP contribution is 2.09. The van der Waals surface area contributed by atoms with Crippen LogP contribution in [0.4, 0.5) is 0 Å². The number of amides is 2. The molecule has 0 aliphatic carbocycles. The van der Waals surface area contributed by atoms with Crippen molar-refractivity contribution >= 4 is 23.8 Å². The second kappa shape index (κ2) is 20.2. The summed E-state index contributed by atoms with van der Waals surface area (Å²) in [5.74, 6) is -1.90. The summed E-state index contributed by atoms with van der Waals surface area (Å²) in [4.78, 5) is 41.6. The molecule has 0 heterocycles. The van der Waals surface area contributed by atoms with Crippen LogP contribution >= 0.6 is 0 Å². The number of nitrogens with two attached hydrogens (primary N) is 1. The van der Waals surface area contributed by atoms with Crippen molar-refractivity contribution in [1.82, 2.24) is 5.32 Å². The van der Waals surface area contributed by atoms with Gasteiger partial charge in [-0.3, -0.25) is 19.2 Å². The van der Waals surface area contributed by atoms with E-state index in [0.717, 1.165) is 51.4 Å². The van der Waals surface area contributed by atoms with Gasteiger partial charge in [0.05, 0.1) is 0 Å². The van der Waals surface area contributed by atoms with Gasteiger partial charge in [-0.2, -0.15) is 0 Å². The van der Waals surface area contributed by atoms with Crippen LogP contribution in [-0.4, -0.2) is 40.5 Å². The zero-order valence-electron chi connectivity index (χ0n) is 16.5. The molecule has 0 aromatic rings. The fourth-order valence-corrected chi connectivity index (χ4v) is 2.18. The van der Waals surface area contributed by atoms with Crippen molar-refractivity contribution in [1.29, 1.82) is 0 Å². The van der Waals surface area contributed by atoms with E-state index in [4.69, 9.17) is 10.2 Å². The summed E-state index contributed by atoms with van der Waals surface area (Å²) < 4.78 is 0. The van der Waals surface area contributed by atoms with Gasteiger partial charge in [-0.05, 0) is 19.3 Å². The number of rotatable bonds is 16. The molecule has 158 valence electrons. The molecule has 0 aliphatic heterocycles. The normalized spacial score (nSPS) is 9.81. The van der Waals surface area contributed by atoms with Crippen molar-refractivity contribution in [3.8, 4) is 0 Å². The number of nitrogens with one attached hydrogen (secondary N) is 1. The maximum Gasteiger partial charge on any atom is 0.303 e. The van der Waals surface area contributed by atoms with E-state index in [1.807, 2.05) is 0 Å². The smallest absolute Gasteiger partial charge is 0.303 e. The molecule has 2 amide bonds. The van der Waals surface area contributed by atoms with Gasteiger partial charge < -0.3 is 21.3 Å². The molecule has 0 radical (unpaired) electrons. The molecule has 0 saturated heterocycles. The number of hydrogen-bond donors (Lipinski definition) is 4. The predicted molar refractivity (Wildman–Crippen MR) is 103 cm³/mol. The molecule has 0 atom stereocenters. The Morgan fingerprint density at radius 1 is 0.704 bits per heavy atom. The Labute approximate surface area is 161 Å². The van der Waals surface area contributed by atoms with Crippen LogP contribution < -0.4 is 11.1 Å². The van der Waals surface area contributed by atoms with Gasteiger partial charge in [0.1, 0.15) is 0 Å². The van der Waals surface area contributed by atoms with E-state index in [2.05, 4.69) is 11.1 Å². The van der Waals surface area contributed by atoms with Crippen LogP contribution in [0, 0.1) is 0 Å². The zero-order chi connectivity index (χ0) is 20.9. The molecule has 0 fully saturated rings. The van der Waals surface area contributed by atoms with E-state index in [0.29, 0.717) is 19.4 Å². The number of hydrogen-bond acceptors (Lipinski definition) is 4. The summed E-state index contributed by atoms with van der Waals surface area (Å²) in [6, 6.07) is 0. The van der Waals surface area contributed by atoms with Gasteiger partial charge in [0.15, 0.2) is 0 Å². The highest BCUT2D eigenvalue weighted by atomic mass is 16.4. The Morgan fingerprint density at radius 2 is 1.11 bits per heavy atom. The lowest BCUT2D eigenvalue weighted by Gasteiger charge is -2.05. The van der Waals surface area contributed by atoms with Gasteiger partial charge in [-0.15, -0.1) is 0 Å².